The number of fused-ring (bicyclic) bond motifs is 1. The number of anilines is 2. The van der Waals surface area contributed by atoms with Gasteiger partial charge in [0.25, 0.3) is 5.91 Å². The smallest absolute Gasteiger partial charge is 0.269 e. The fourth-order valence-electron chi connectivity index (χ4n) is 2.31. The van der Waals surface area contributed by atoms with E-state index in [4.69, 9.17) is 4.74 Å². The summed E-state index contributed by atoms with van der Waals surface area (Å²) in [7, 11) is 0. The molecule has 0 aromatic heterocycles. The molecule has 96 valence electrons. The van der Waals surface area contributed by atoms with Crippen LogP contribution in [0.5, 0.6) is 5.75 Å². The maximum absolute atomic E-state index is 12.2. The maximum Gasteiger partial charge on any atom is 0.269 e. The molecule has 2 aromatic carbocycles. The van der Waals surface area contributed by atoms with Crippen molar-refractivity contribution in [1.82, 2.24) is 0 Å². The third-order valence-electron chi connectivity index (χ3n) is 3.22. The summed E-state index contributed by atoms with van der Waals surface area (Å²) in [5.41, 5.74) is 3.95. The summed E-state index contributed by atoms with van der Waals surface area (Å²) >= 11 is 0. The maximum atomic E-state index is 12.2. The highest BCUT2D eigenvalue weighted by atomic mass is 16.5. The van der Waals surface area contributed by atoms with Gasteiger partial charge in [0.2, 0.25) is 0 Å². The average molecular weight is 253 g/mol. The second kappa shape index (κ2) is 4.43. The molecule has 2 aromatic rings. The number of benzene rings is 2. The van der Waals surface area contributed by atoms with Gasteiger partial charge in [0.05, 0.1) is 5.69 Å². The van der Waals surface area contributed by atoms with Crippen LogP contribution in [-0.2, 0) is 4.79 Å². The Kier molecular flexibility index (Phi) is 2.75. The van der Waals surface area contributed by atoms with Crippen molar-refractivity contribution in [1.29, 1.82) is 0 Å². The molecule has 0 bridgehead atoms. The van der Waals surface area contributed by atoms with Gasteiger partial charge in [-0.1, -0.05) is 18.2 Å². The number of ether oxygens (including phenoxy) is 1. The van der Waals surface area contributed by atoms with Crippen LogP contribution in [0.25, 0.3) is 0 Å². The minimum atomic E-state index is -0.0382. The number of rotatable bonds is 1. The van der Waals surface area contributed by atoms with Crippen LogP contribution in [0.2, 0.25) is 0 Å². The predicted octanol–water partition coefficient (Wildman–Crippen LogP) is 3.36. The zero-order valence-electron chi connectivity index (χ0n) is 11.0. The topological polar surface area (TPSA) is 29.5 Å². The van der Waals surface area contributed by atoms with E-state index in [2.05, 4.69) is 0 Å². The average Bonchev–Trinajstić information content (AvgIpc) is 2.38. The number of hydrogen-bond donors (Lipinski definition) is 0. The van der Waals surface area contributed by atoms with Crippen LogP contribution in [0.15, 0.2) is 42.5 Å². The lowest BCUT2D eigenvalue weighted by atomic mass is 10.1. The molecule has 1 heterocycles. The lowest BCUT2D eigenvalue weighted by Crippen LogP contribution is -2.35. The molecule has 1 aliphatic rings. The van der Waals surface area contributed by atoms with E-state index in [1.54, 1.807) is 4.90 Å². The van der Waals surface area contributed by atoms with Gasteiger partial charge in [0.15, 0.2) is 6.61 Å². The molecule has 1 aliphatic heterocycles. The molecule has 1 amide bonds. The Morgan fingerprint density at radius 3 is 2.63 bits per heavy atom. The number of nitrogens with zero attached hydrogens (tertiary/aromatic N) is 1. The summed E-state index contributed by atoms with van der Waals surface area (Å²) in [6, 6.07) is 13.8. The number of hydrogen-bond acceptors (Lipinski definition) is 2. The van der Waals surface area contributed by atoms with Crippen molar-refractivity contribution in [3.8, 4) is 5.75 Å². The fraction of sp³-hybridized carbons (Fsp3) is 0.188. The Hall–Kier alpha value is -2.29. The van der Waals surface area contributed by atoms with Crippen molar-refractivity contribution >= 4 is 17.3 Å². The molecule has 0 unspecified atom stereocenters. The van der Waals surface area contributed by atoms with Crippen molar-refractivity contribution in [2.45, 2.75) is 13.8 Å². The quantitative estimate of drug-likeness (QED) is 0.780. The highest BCUT2D eigenvalue weighted by Crippen LogP contribution is 2.37. The Bertz CT molecular complexity index is 649. The summed E-state index contributed by atoms with van der Waals surface area (Å²) < 4.78 is 5.48. The van der Waals surface area contributed by atoms with Crippen LogP contribution in [0.3, 0.4) is 0 Å². The van der Waals surface area contributed by atoms with E-state index < -0.39 is 0 Å². The van der Waals surface area contributed by atoms with Crippen LogP contribution in [0, 0.1) is 13.8 Å². The lowest BCUT2D eigenvalue weighted by molar-refractivity contribution is -0.120. The monoisotopic (exact) mass is 253 g/mol. The normalized spacial score (nSPS) is 14.0. The van der Waals surface area contributed by atoms with E-state index in [0.29, 0.717) is 0 Å². The first kappa shape index (κ1) is 11.8. The van der Waals surface area contributed by atoms with E-state index in [0.717, 1.165) is 28.3 Å². The zero-order valence-corrected chi connectivity index (χ0v) is 11.0. The SMILES string of the molecule is Cc1cccc(N2C(=O)COc3ccc(C)cc32)c1. The first-order valence-electron chi connectivity index (χ1n) is 6.28. The minimum Gasteiger partial charge on any atom is -0.482 e. The van der Waals surface area contributed by atoms with E-state index in [1.807, 2.05) is 56.3 Å². The van der Waals surface area contributed by atoms with Crippen molar-refractivity contribution in [3.05, 3.63) is 53.6 Å². The summed E-state index contributed by atoms with van der Waals surface area (Å²) in [6.45, 7) is 4.11. The minimum absolute atomic E-state index is 0.0382. The van der Waals surface area contributed by atoms with Crippen molar-refractivity contribution in [2.75, 3.05) is 11.5 Å². The van der Waals surface area contributed by atoms with Crippen LogP contribution in [0.1, 0.15) is 11.1 Å². The standard InChI is InChI=1S/C16H15NO2/c1-11-4-3-5-13(8-11)17-14-9-12(2)6-7-15(14)19-10-16(17)18/h3-9H,10H2,1-2H3. The van der Waals surface area contributed by atoms with Gasteiger partial charge in [-0.2, -0.15) is 0 Å². The van der Waals surface area contributed by atoms with Gasteiger partial charge in [0.1, 0.15) is 5.75 Å². The second-order valence-electron chi connectivity index (χ2n) is 4.83. The second-order valence-corrected chi connectivity index (χ2v) is 4.83. The molecule has 19 heavy (non-hydrogen) atoms. The number of carbonyl (C=O) groups is 1. The van der Waals surface area contributed by atoms with Crippen molar-refractivity contribution in [2.24, 2.45) is 0 Å². The Balaban J connectivity index is 2.15. The molecule has 0 atom stereocenters. The van der Waals surface area contributed by atoms with Gasteiger partial charge in [-0.25, -0.2) is 0 Å². The van der Waals surface area contributed by atoms with E-state index >= 15 is 0 Å². The summed E-state index contributed by atoms with van der Waals surface area (Å²) in [6.07, 6.45) is 0. The molecule has 0 saturated heterocycles. The lowest BCUT2D eigenvalue weighted by Gasteiger charge is -2.29. The summed E-state index contributed by atoms with van der Waals surface area (Å²) in [4.78, 5) is 13.9. The van der Waals surface area contributed by atoms with Gasteiger partial charge < -0.3 is 4.74 Å². The Morgan fingerprint density at radius 1 is 1.05 bits per heavy atom. The molecule has 0 spiro atoms. The van der Waals surface area contributed by atoms with Gasteiger partial charge in [-0.05, 0) is 49.2 Å². The van der Waals surface area contributed by atoms with Gasteiger partial charge >= 0.3 is 0 Å². The van der Waals surface area contributed by atoms with Crippen molar-refractivity contribution < 1.29 is 9.53 Å². The number of amides is 1. The first-order valence-corrected chi connectivity index (χ1v) is 6.28. The van der Waals surface area contributed by atoms with Gasteiger partial charge in [-0.15, -0.1) is 0 Å². The molecular formula is C16H15NO2. The Labute approximate surface area is 112 Å². The van der Waals surface area contributed by atoms with E-state index in [1.165, 1.54) is 0 Å². The van der Waals surface area contributed by atoms with E-state index in [-0.39, 0.29) is 12.5 Å². The molecule has 3 heteroatoms. The zero-order chi connectivity index (χ0) is 13.4. The molecule has 3 rings (SSSR count). The van der Waals surface area contributed by atoms with E-state index in [9.17, 15) is 4.79 Å². The number of carbonyl (C=O) groups excluding carboxylic acids is 1. The van der Waals surface area contributed by atoms with Crippen LogP contribution in [-0.4, -0.2) is 12.5 Å². The van der Waals surface area contributed by atoms with Crippen LogP contribution in [0.4, 0.5) is 11.4 Å². The fourth-order valence-corrected chi connectivity index (χ4v) is 2.31. The molecule has 0 saturated carbocycles. The highest BCUT2D eigenvalue weighted by molar-refractivity contribution is 6.04. The van der Waals surface area contributed by atoms with Crippen molar-refractivity contribution in [3.63, 3.8) is 0 Å². The van der Waals surface area contributed by atoms with Crippen LogP contribution < -0.4 is 9.64 Å². The Morgan fingerprint density at radius 2 is 1.84 bits per heavy atom. The molecule has 0 fully saturated rings. The molecular weight excluding hydrogens is 238 g/mol. The molecule has 3 nitrogen and oxygen atoms in total. The third kappa shape index (κ3) is 2.08. The predicted molar refractivity (Wildman–Crippen MR) is 75.0 cm³/mol. The van der Waals surface area contributed by atoms with Crippen LogP contribution >= 0.6 is 0 Å². The molecule has 0 radical (unpaired) electrons. The summed E-state index contributed by atoms with van der Waals surface area (Å²) in [5, 5.41) is 0. The third-order valence-corrected chi connectivity index (χ3v) is 3.22. The first-order chi connectivity index (χ1) is 9.15. The molecule has 0 N–H and O–H groups in total. The number of aryl methyl sites for hydroxylation is 2. The van der Waals surface area contributed by atoms with Gasteiger partial charge in [0, 0.05) is 5.69 Å². The largest absolute Gasteiger partial charge is 0.482 e. The highest BCUT2D eigenvalue weighted by Gasteiger charge is 2.26. The molecule has 0 aliphatic carbocycles. The summed E-state index contributed by atoms with van der Waals surface area (Å²) in [5.74, 6) is 0.718. The van der Waals surface area contributed by atoms with Gasteiger partial charge in [-0.3, -0.25) is 9.69 Å².